The van der Waals surface area contributed by atoms with Gasteiger partial charge in [-0.1, -0.05) is 67.8 Å². The zero-order valence-corrected chi connectivity index (χ0v) is 21.7. The van der Waals surface area contributed by atoms with Crippen molar-refractivity contribution in [3.05, 3.63) is 89.5 Å². The number of hydrogen-bond donors (Lipinski definition) is 1. The number of fused-ring (bicyclic) bond motifs is 5. The van der Waals surface area contributed by atoms with Crippen LogP contribution in [0.2, 0.25) is 0 Å². The molecule has 2 fully saturated rings. The number of aromatic carboxylic acids is 1. The molecule has 5 nitrogen and oxygen atoms in total. The zero-order chi connectivity index (χ0) is 25.7. The van der Waals surface area contributed by atoms with E-state index in [4.69, 9.17) is 4.74 Å². The van der Waals surface area contributed by atoms with E-state index < -0.39 is 5.97 Å². The number of ether oxygens (including phenoxy) is 1. The lowest BCUT2D eigenvalue weighted by atomic mass is 9.79. The topological polar surface area (TPSA) is 54.7 Å². The number of para-hydroxylation sites is 1. The van der Waals surface area contributed by atoms with Gasteiger partial charge in [-0.05, 0) is 54.2 Å². The van der Waals surface area contributed by atoms with Crippen molar-refractivity contribution in [3.63, 3.8) is 0 Å². The first-order valence-corrected chi connectivity index (χ1v) is 14.0. The molecule has 5 heteroatoms. The Labute approximate surface area is 223 Å². The van der Waals surface area contributed by atoms with E-state index in [1.54, 1.807) is 6.07 Å². The van der Waals surface area contributed by atoms with E-state index in [0.717, 1.165) is 43.0 Å². The van der Waals surface area contributed by atoms with Crippen LogP contribution in [0.5, 0.6) is 5.75 Å². The fourth-order valence-corrected chi connectivity index (χ4v) is 7.22. The molecular formula is C33H34N2O3. The second-order valence-corrected chi connectivity index (χ2v) is 11.6. The van der Waals surface area contributed by atoms with E-state index in [2.05, 4.69) is 70.1 Å². The molecule has 1 saturated carbocycles. The van der Waals surface area contributed by atoms with Gasteiger partial charge in [-0.25, -0.2) is 4.79 Å². The van der Waals surface area contributed by atoms with Crippen LogP contribution in [-0.2, 0) is 13.1 Å². The second-order valence-electron chi connectivity index (χ2n) is 11.6. The van der Waals surface area contributed by atoms with Crippen LogP contribution in [0.25, 0.3) is 22.2 Å². The van der Waals surface area contributed by atoms with Crippen LogP contribution >= 0.6 is 0 Å². The summed E-state index contributed by atoms with van der Waals surface area (Å²) in [5.41, 5.74) is 6.49. The minimum absolute atomic E-state index is 0.0218. The number of likely N-dealkylation sites (tertiary alicyclic amines) is 1. The van der Waals surface area contributed by atoms with Gasteiger partial charge in [0.1, 0.15) is 5.75 Å². The maximum Gasteiger partial charge on any atom is 0.335 e. The zero-order valence-electron chi connectivity index (χ0n) is 21.7. The van der Waals surface area contributed by atoms with E-state index >= 15 is 0 Å². The van der Waals surface area contributed by atoms with E-state index in [0.29, 0.717) is 18.1 Å². The van der Waals surface area contributed by atoms with Crippen molar-refractivity contribution >= 4 is 16.9 Å². The second kappa shape index (κ2) is 9.32. The Bertz CT molecular complexity index is 1490. The third-order valence-electron chi connectivity index (χ3n) is 8.90. The normalized spacial score (nSPS) is 19.2. The lowest BCUT2D eigenvalue weighted by molar-refractivity contribution is -0.0504. The predicted octanol–water partition coefficient (Wildman–Crippen LogP) is 6.95. The van der Waals surface area contributed by atoms with Crippen molar-refractivity contribution in [1.82, 2.24) is 9.47 Å². The summed E-state index contributed by atoms with van der Waals surface area (Å²) in [4.78, 5) is 14.5. The molecule has 3 heterocycles. The molecule has 1 saturated heterocycles. The largest absolute Gasteiger partial charge is 0.492 e. The lowest BCUT2D eigenvalue weighted by Gasteiger charge is -2.51. The van der Waals surface area contributed by atoms with Crippen LogP contribution in [0, 0.1) is 5.41 Å². The Hall–Kier alpha value is -3.57. The molecule has 194 valence electrons. The highest BCUT2D eigenvalue weighted by atomic mass is 16.5. The maximum absolute atomic E-state index is 12.0. The molecule has 7 rings (SSSR count). The Balaban J connectivity index is 1.37. The van der Waals surface area contributed by atoms with Crippen LogP contribution in [0.3, 0.4) is 0 Å². The summed E-state index contributed by atoms with van der Waals surface area (Å²) in [5.74, 6) is 0.550. The quantitative estimate of drug-likeness (QED) is 0.325. The monoisotopic (exact) mass is 506 g/mol. The summed E-state index contributed by atoms with van der Waals surface area (Å²) >= 11 is 0. The molecule has 2 aliphatic heterocycles. The molecule has 3 aliphatic rings. The lowest BCUT2D eigenvalue weighted by Crippen LogP contribution is -2.60. The third kappa shape index (κ3) is 4.01. The van der Waals surface area contributed by atoms with Gasteiger partial charge in [0.2, 0.25) is 0 Å². The van der Waals surface area contributed by atoms with Gasteiger partial charge in [0, 0.05) is 48.1 Å². The van der Waals surface area contributed by atoms with Gasteiger partial charge in [0.25, 0.3) is 0 Å². The van der Waals surface area contributed by atoms with Gasteiger partial charge in [-0.2, -0.15) is 0 Å². The average Bonchev–Trinajstić information content (AvgIpc) is 3.23. The van der Waals surface area contributed by atoms with Gasteiger partial charge in [-0.3, -0.25) is 4.90 Å². The average molecular weight is 507 g/mol. The number of rotatable bonds is 4. The fourth-order valence-electron chi connectivity index (χ4n) is 7.22. The molecule has 4 aromatic rings. The predicted molar refractivity (Wildman–Crippen MR) is 150 cm³/mol. The molecule has 0 atom stereocenters. The number of carboxylic acids is 1. The Morgan fingerprint density at radius 3 is 2.47 bits per heavy atom. The fraction of sp³-hybridized carbons (Fsp3) is 0.364. The molecule has 1 spiro atoms. The first kappa shape index (κ1) is 23.5. The number of hydrogen-bond acceptors (Lipinski definition) is 3. The van der Waals surface area contributed by atoms with Crippen LogP contribution in [0.15, 0.2) is 72.8 Å². The first-order chi connectivity index (χ1) is 18.6. The molecule has 0 unspecified atom stereocenters. The van der Waals surface area contributed by atoms with Crippen molar-refractivity contribution in [2.24, 2.45) is 5.41 Å². The molecule has 3 aromatic carbocycles. The third-order valence-corrected chi connectivity index (χ3v) is 8.90. The molecule has 38 heavy (non-hydrogen) atoms. The summed E-state index contributed by atoms with van der Waals surface area (Å²) in [6.07, 6.45) is 6.17. The summed E-state index contributed by atoms with van der Waals surface area (Å²) in [6.45, 7) is 4.34. The Kier molecular flexibility index (Phi) is 5.77. The van der Waals surface area contributed by atoms with Crippen LogP contribution in [0.4, 0.5) is 0 Å². The molecule has 1 aliphatic carbocycles. The SMILES string of the molecule is O=C(O)c1ccc2c(C3CCCCC3)c3n(c2c1)CC1(COc2ccccc2-3)CN(Cc2ccccc2)C1. The van der Waals surface area contributed by atoms with Crippen molar-refractivity contribution in [3.8, 4) is 17.0 Å². The number of aromatic nitrogens is 1. The van der Waals surface area contributed by atoms with Gasteiger partial charge in [0.05, 0.1) is 17.9 Å². The van der Waals surface area contributed by atoms with Crippen molar-refractivity contribution < 1.29 is 14.6 Å². The molecule has 1 N–H and O–H groups in total. The van der Waals surface area contributed by atoms with Crippen LogP contribution < -0.4 is 4.74 Å². The van der Waals surface area contributed by atoms with E-state index in [9.17, 15) is 9.90 Å². The van der Waals surface area contributed by atoms with Gasteiger partial charge < -0.3 is 14.4 Å². The van der Waals surface area contributed by atoms with Gasteiger partial charge in [-0.15, -0.1) is 0 Å². The summed E-state index contributed by atoms with van der Waals surface area (Å²) in [7, 11) is 0. The standard InChI is InChI=1S/C33H34N2O3/c36-32(37)25-15-16-26-28(17-25)35-21-33(19-34(20-33)18-23-9-3-1-4-10-23)22-38-29-14-8-7-13-27(29)31(35)30(26)24-11-5-2-6-12-24/h1,3-4,7-10,13-17,24H,2,5-6,11-12,18-22H2,(H,36,37). The maximum atomic E-state index is 12.0. The number of carboxylic acid groups (broad SMARTS) is 1. The van der Waals surface area contributed by atoms with Crippen LogP contribution in [-0.4, -0.2) is 40.2 Å². The molecule has 1 aromatic heterocycles. The van der Waals surface area contributed by atoms with Crippen LogP contribution in [0.1, 0.15) is 59.5 Å². The molecular weight excluding hydrogens is 472 g/mol. The highest BCUT2D eigenvalue weighted by Crippen LogP contribution is 2.49. The van der Waals surface area contributed by atoms with Gasteiger partial charge >= 0.3 is 5.97 Å². The highest BCUT2D eigenvalue weighted by Gasteiger charge is 2.46. The van der Waals surface area contributed by atoms with E-state index in [1.807, 2.05) is 6.07 Å². The van der Waals surface area contributed by atoms with Crippen molar-refractivity contribution in [1.29, 1.82) is 0 Å². The summed E-state index contributed by atoms with van der Waals surface area (Å²) in [5, 5.41) is 11.1. The van der Waals surface area contributed by atoms with Crippen molar-refractivity contribution in [2.45, 2.75) is 51.1 Å². The Morgan fingerprint density at radius 1 is 0.921 bits per heavy atom. The molecule has 0 radical (unpaired) electrons. The summed E-state index contributed by atoms with van der Waals surface area (Å²) in [6, 6.07) is 24.9. The summed E-state index contributed by atoms with van der Waals surface area (Å²) < 4.78 is 9.07. The molecule has 0 bridgehead atoms. The smallest absolute Gasteiger partial charge is 0.335 e. The number of nitrogens with zero attached hydrogens (tertiary/aromatic N) is 2. The number of benzene rings is 3. The Morgan fingerprint density at radius 2 is 1.68 bits per heavy atom. The minimum atomic E-state index is -0.872. The number of carbonyl (C=O) groups is 1. The minimum Gasteiger partial charge on any atom is -0.492 e. The van der Waals surface area contributed by atoms with E-state index in [1.165, 1.54) is 54.3 Å². The molecule has 0 amide bonds. The van der Waals surface area contributed by atoms with Gasteiger partial charge in [0.15, 0.2) is 0 Å². The van der Waals surface area contributed by atoms with Crippen molar-refractivity contribution in [2.75, 3.05) is 19.7 Å². The first-order valence-electron chi connectivity index (χ1n) is 14.0. The highest BCUT2D eigenvalue weighted by molar-refractivity contribution is 5.98. The van der Waals surface area contributed by atoms with E-state index in [-0.39, 0.29) is 5.41 Å².